The topological polar surface area (TPSA) is 101 Å². The highest BCUT2D eigenvalue weighted by Gasteiger charge is 2.17. The number of aryl methyl sites for hydroxylation is 1. The van der Waals surface area contributed by atoms with Crippen molar-refractivity contribution in [2.45, 2.75) is 6.92 Å². The van der Waals surface area contributed by atoms with Gasteiger partial charge in [-0.25, -0.2) is 4.68 Å². The smallest absolute Gasteiger partial charge is 0.257 e. The Morgan fingerprint density at radius 2 is 2.03 bits per heavy atom. The van der Waals surface area contributed by atoms with Crippen LogP contribution in [0.15, 0.2) is 55.8 Å². The van der Waals surface area contributed by atoms with Crippen molar-refractivity contribution in [2.24, 2.45) is 7.05 Å². The summed E-state index contributed by atoms with van der Waals surface area (Å²) >= 11 is 0. The number of benzene rings is 1. The van der Waals surface area contributed by atoms with E-state index >= 15 is 0 Å². The number of carbonyl (C=O) groups is 1. The maximum absolute atomic E-state index is 12.9. The SMILES string of the molecule is C=C(C)c1c(C#N)cncc1C(=O)Nc1ccc2cnn(-c3cnn(C)c3)c2c1. The van der Waals surface area contributed by atoms with E-state index in [0.717, 1.165) is 16.6 Å². The van der Waals surface area contributed by atoms with Gasteiger partial charge in [-0.1, -0.05) is 6.58 Å². The third kappa shape index (κ3) is 3.26. The van der Waals surface area contributed by atoms with Gasteiger partial charge in [0.2, 0.25) is 0 Å². The average Bonchev–Trinajstić information content (AvgIpc) is 3.32. The van der Waals surface area contributed by atoms with E-state index in [-0.39, 0.29) is 5.91 Å². The lowest BCUT2D eigenvalue weighted by molar-refractivity contribution is 0.102. The predicted molar refractivity (Wildman–Crippen MR) is 109 cm³/mol. The Labute approximate surface area is 166 Å². The Morgan fingerprint density at radius 1 is 1.21 bits per heavy atom. The zero-order valence-electron chi connectivity index (χ0n) is 15.9. The number of hydrogen-bond acceptors (Lipinski definition) is 5. The molecular formula is C21H17N7O. The minimum Gasteiger partial charge on any atom is -0.322 e. The van der Waals surface area contributed by atoms with Gasteiger partial charge in [0.15, 0.2) is 0 Å². The van der Waals surface area contributed by atoms with Crippen LogP contribution in [0.1, 0.15) is 28.4 Å². The fraction of sp³-hybridized carbons (Fsp3) is 0.0952. The number of nitriles is 1. The van der Waals surface area contributed by atoms with Gasteiger partial charge < -0.3 is 5.32 Å². The van der Waals surface area contributed by atoms with Gasteiger partial charge >= 0.3 is 0 Å². The van der Waals surface area contributed by atoms with Gasteiger partial charge in [0.1, 0.15) is 11.8 Å². The number of amides is 1. The van der Waals surface area contributed by atoms with Gasteiger partial charge in [0.05, 0.1) is 35.2 Å². The molecule has 3 aromatic heterocycles. The van der Waals surface area contributed by atoms with Gasteiger partial charge in [0.25, 0.3) is 5.91 Å². The molecular weight excluding hydrogens is 366 g/mol. The van der Waals surface area contributed by atoms with Crippen LogP contribution in [0, 0.1) is 11.3 Å². The predicted octanol–water partition coefficient (Wildman–Crippen LogP) is 3.31. The number of fused-ring (bicyclic) bond motifs is 1. The van der Waals surface area contributed by atoms with Gasteiger partial charge in [-0.2, -0.15) is 15.5 Å². The van der Waals surface area contributed by atoms with Crippen LogP contribution in [-0.4, -0.2) is 30.5 Å². The first-order valence-electron chi connectivity index (χ1n) is 8.80. The summed E-state index contributed by atoms with van der Waals surface area (Å²) in [6.07, 6.45) is 8.21. The molecule has 0 fully saturated rings. The first-order valence-corrected chi connectivity index (χ1v) is 8.80. The van der Waals surface area contributed by atoms with E-state index in [4.69, 9.17) is 0 Å². The van der Waals surface area contributed by atoms with Crippen molar-refractivity contribution >= 4 is 28.1 Å². The van der Waals surface area contributed by atoms with Gasteiger partial charge in [-0.15, -0.1) is 0 Å². The van der Waals surface area contributed by atoms with Crippen LogP contribution < -0.4 is 5.32 Å². The molecule has 0 aliphatic rings. The normalized spacial score (nSPS) is 10.7. The summed E-state index contributed by atoms with van der Waals surface area (Å²) in [6, 6.07) is 7.59. The molecule has 1 amide bonds. The molecule has 4 aromatic rings. The van der Waals surface area contributed by atoms with E-state index in [1.807, 2.05) is 25.4 Å². The van der Waals surface area contributed by atoms with Gasteiger partial charge in [-0.05, 0) is 30.7 Å². The molecule has 0 unspecified atom stereocenters. The Kier molecular flexibility index (Phi) is 4.41. The summed E-state index contributed by atoms with van der Waals surface area (Å²) in [6.45, 7) is 5.64. The summed E-state index contributed by atoms with van der Waals surface area (Å²) in [5.74, 6) is -0.362. The zero-order chi connectivity index (χ0) is 20.5. The standard InChI is InChI=1S/C21H17N7O/c1-13(2)20-15(7-22)8-23-11-18(20)21(29)26-16-5-4-14-9-25-28(19(14)6-16)17-10-24-27(3)12-17/h4-6,8-12H,1H2,2-3H3,(H,26,29). The number of hydrogen-bond donors (Lipinski definition) is 1. The maximum Gasteiger partial charge on any atom is 0.257 e. The number of nitrogens with zero attached hydrogens (tertiary/aromatic N) is 6. The van der Waals surface area contributed by atoms with Crippen LogP contribution in [0.2, 0.25) is 0 Å². The van der Waals surface area contributed by atoms with Gasteiger partial charge in [-0.3, -0.25) is 14.5 Å². The lowest BCUT2D eigenvalue weighted by Gasteiger charge is -2.11. The van der Waals surface area contributed by atoms with E-state index in [1.165, 1.54) is 12.4 Å². The fourth-order valence-corrected chi connectivity index (χ4v) is 3.20. The summed E-state index contributed by atoms with van der Waals surface area (Å²) < 4.78 is 3.46. The van der Waals surface area contributed by atoms with Crippen LogP contribution >= 0.6 is 0 Å². The molecule has 0 atom stereocenters. The van der Waals surface area contributed by atoms with Crippen LogP contribution in [0.25, 0.3) is 22.2 Å². The number of rotatable bonds is 4. The third-order valence-corrected chi connectivity index (χ3v) is 4.50. The lowest BCUT2D eigenvalue weighted by Crippen LogP contribution is -2.15. The highest BCUT2D eigenvalue weighted by molar-refractivity contribution is 6.08. The van der Waals surface area contributed by atoms with Crippen LogP contribution in [0.3, 0.4) is 0 Å². The van der Waals surface area contributed by atoms with Crippen LogP contribution in [-0.2, 0) is 7.05 Å². The van der Waals surface area contributed by atoms with Crippen molar-refractivity contribution in [1.29, 1.82) is 5.26 Å². The number of aromatic nitrogens is 5. The van der Waals surface area contributed by atoms with E-state index < -0.39 is 0 Å². The Bertz CT molecular complexity index is 1310. The molecule has 0 aliphatic heterocycles. The molecule has 0 spiro atoms. The van der Waals surface area contributed by atoms with Crippen LogP contribution in [0.4, 0.5) is 5.69 Å². The molecule has 8 nitrogen and oxygen atoms in total. The summed E-state index contributed by atoms with van der Waals surface area (Å²) in [4.78, 5) is 16.9. The number of carbonyl (C=O) groups excluding carboxylic acids is 1. The Morgan fingerprint density at radius 3 is 2.72 bits per heavy atom. The molecule has 4 rings (SSSR count). The molecule has 29 heavy (non-hydrogen) atoms. The molecule has 0 bridgehead atoms. The minimum absolute atomic E-state index is 0.303. The molecule has 3 heterocycles. The maximum atomic E-state index is 12.9. The Hall–Kier alpha value is -4.25. The molecule has 142 valence electrons. The largest absolute Gasteiger partial charge is 0.322 e. The Balaban J connectivity index is 1.71. The average molecular weight is 383 g/mol. The van der Waals surface area contributed by atoms with Crippen molar-refractivity contribution in [3.05, 3.63) is 72.5 Å². The first-order chi connectivity index (χ1) is 14.0. The molecule has 8 heteroatoms. The summed E-state index contributed by atoms with van der Waals surface area (Å²) in [5, 5.41) is 21.7. The van der Waals surface area contributed by atoms with E-state index in [9.17, 15) is 10.1 Å². The number of pyridine rings is 1. The second-order valence-corrected chi connectivity index (χ2v) is 6.66. The van der Waals surface area contributed by atoms with E-state index in [2.05, 4.69) is 33.1 Å². The first kappa shape index (κ1) is 18.1. The molecule has 1 N–H and O–H groups in total. The van der Waals surface area contributed by atoms with Crippen molar-refractivity contribution < 1.29 is 4.79 Å². The monoisotopic (exact) mass is 383 g/mol. The van der Waals surface area contributed by atoms with E-state index in [0.29, 0.717) is 28.0 Å². The molecule has 0 aliphatic carbocycles. The number of nitrogens with one attached hydrogen (secondary N) is 1. The highest BCUT2D eigenvalue weighted by Crippen LogP contribution is 2.25. The summed E-state index contributed by atoms with van der Waals surface area (Å²) in [5.41, 5.74) is 4.00. The number of allylic oxidation sites excluding steroid dienone is 1. The van der Waals surface area contributed by atoms with Crippen molar-refractivity contribution in [3.8, 4) is 11.8 Å². The molecule has 0 saturated heterocycles. The molecule has 0 radical (unpaired) electrons. The highest BCUT2D eigenvalue weighted by atomic mass is 16.1. The molecule has 1 aromatic carbocycles. The summed E-state index contributed by atoms with van der Waals surface area (Å²) in [7, 11) is 1.84. The van der Waals surface area contributed by atoms with Crippen molar-refractivity contribution in [3.63, 3.8) is 0 Å². The zero-order valence-corrected chi connectivity index (χ0v) is 15.9. The fourth-order valence-electron chi connectivity index (χ4n) is 3.20. The van der Waals surface area contributed by atoms with Crippen molar-refractivity contribution in [2.75, 3.05) is 5.32 Å². The van der Waals surface area contributed by atoms with Crippen molar-refractivity contribution in [1.82, 2.24) is 24.5 Å². The molecule has 0 saturated carbocycles. The lowest BCUT2D eigenvalue weighted by atomic mass is 9.99. The number of anilines is 1. The van der Waals surface area contributed by atoms with E-state index in [1.54, 1.807) is 34.7 Å². The quantitative estimate of drug-likeness (QED) is 0.582. The third-order valence-electron chi connectivity index (χ3n) is 4.50. The van der Waals surface area contributed by atoms with Crippen LogP contribution in [0.5, 0.6) is 0 Å². The second-order valence-electron chi connectivity index (χ2n) is 6.66. The second kappa shape index (κ2) is 7.05. The minimum atomic E-state index is -0.362. The van der Waals surface area contributed by atoms with Gasteiger partial charge in [0, 0.05) is 36.1 Å².